The van der Waals surface area contributed by atoms with E-state index in [-0.39, 0.29) is 0 Å². The average Bonchev–Trinajstić information content (AvgIpc) is 2.43. The third kappa shape index (κ3) is 6.65. The van der Waals surface area contributed by atoms with Crippen LogP contribution in [-0.2, 0) is 4.79 Å². The summed E-state index contributed by atoms with van der Waals surface area (Å²) in [6, 6.07) is 6.26. The second kappa shape index (κ2) is 8.84. The maximum Gasteiger partial charge on any atom is 0.326 e. The van der Waals surface area contributed by atoms with Gasteiger partial charge in [-0.05, 0) is 31.0 Å². The summed E-state index contributed by atoms with van der Waals surface area (Å²) in [7, 11) is 0. The molecule has 2 amide bonds. The van der Waals surface area contributed by atoms with Crippen molar-refractivity contribution in [3.05, 3.63) is 29.8 Å². The first-order valence-corrected chi connectivity index (χ1v) is 6.99. The van der Waals surface area contributed by atoms with E-state index in [4.69, 9.17) is 9.84 Å². The topological polar surface area (TPSA) is 87.7 Å². The van der Waals surface area contributed by atoms with Gasteiger partial charge in [0.15, 0.2) is 0 Å². The number of hydrogen-bond acceptors (Lipinski definition) is 3. The fourth-order valence-corrected chi connectivity index (χ4v) is 1.79. The second-order valence-electron chi connectivity index (χ2n) is 4.74. The van der Waals surface area contributed by atoms with Crippen molar-refractivity contribution in [2.45, 2.75) is 32.7 Å². The number of carboxylic acids is 1. The van der Waals surface area contributed by atoms with Crippen molar-refractivity contribution in [2.24, 2.45) is 0 Å². The van der Waals surface area contributed by atoms with Crippen LogP contribution in [0.2, 0.25) is 0 Å². The molecule has 3 N–H and O–H groups in total. The lowest BCUT2D eigenvalue weighted by Gasteiger charge is -2.14. The number of rotatable bonds is 8. The SMILES string of the molecule is CCC[C@H](NC(=O)NCCOc1cccc(C)c1)C(=O)O. The average molecular weight is 294 g/mol. The van der Waals surface area contributed by atoms with Gasteiger partial charge in [0.2, 0.25) is 0 Å². The van der Waals surface area contributed by atoms with E-state index in [1.165, 1.54) is 0 Å². The predicted octanol–water partition coefficient (Wildman–Crippen LogP) is 1.93. The molecule has 1 aromatic rings. The van der Waals surface area contributed by atoms with Gasteiger partial charge in [0.25, 0.3) is 0 Å². The first-order valence-electron chi connectivity index (χ1n) is 6.99. The minimum absolute atomic E-state index is 0.304. The Bertz CT molecular complexity index is 476. The Labute approximate surface area is 124 Å². The van der Waals surface area contributed by atoms with Crippen molar-refractivity contribution in [3.8, 4) is 5.75 Å². The highest BCUT2D eigenvalue weighted by Crippen LogP contribution is 2.11. The zero-order valence-electron chi connectivity index (χ0n) is 12.4. The van der Waals surface area contributed by atoms with E-state index < -0.39 is 18.0 Å². The molecule has 0 aliphatic rings. The van der Waals surface area contributed by atoms with Crippen molar-refractivity contribution in [2.75, 3.05) is 13.2 Å². The third-order valence-corrected chi connectivity index (χ3v) is 2.83. The molecule has 0 saturated carbocycles. The van der Waals surface area contributed by atoms with E-state index in [0.29, 0.717) is 26.0 Å². The van der Waals surface area contributed by atoms with Crippen LogP contribution in [0.4, 0.5) is 4.79 Å². The summed E-state index contributed by atoms with van der Waals surface area (Å²) in [4.78, 5) is 22.5. The summed E-state index contributed by atoms with van der Waals surface area (Å²) in [6.45, 7) is 4.46. The van der Waals surface area contributed by atoms with Crippen molar-refractivity contribution in [1.29, 1.82) is 0 Å². The highest BCUT2D eigenvalue weighted by atomic mass is 16.5. The first-order chi connectivity index (χ1) is 10.0. The number of nitrogens with one attached hydrogen (secondary N) is 2. The monoisotopic (exact) mass is 294 g/mol. The Morgan fingerprint density at radius 2 is 2.14 bits per heavy atom. The number of amides is 2. The van der Waals surface area contributed by atoms with Gasteiger partial charge in [0.1, 0.15) is 18.4 Å². The van der Waals surface area contributed by atoms with E-state index in [1.807, 2.05) is 38.1 Å². The highest BCUT2D eigenvalue weighted by molar-refractivity contribution is 5.82. The van der Waals surface area contributed by atoms with Gasteiger partial charge in [-0.25, -0.2) is 9.59 Å². The van der Waals surface area contributed by atoms with Crippen LogP contribution in [0.25, 0.3) is 0 Å². The molecule has 0 saturated heterocycles. The van der Waals surface area contributed by atoms with Gasteiger partial charge in [-0.15, -0.1) is 0 Å². The van der Waals surface area contributed by atoms with Crippen LogP contribution < -0.4 is 15.4 Å². The molecule has 21 heavy (non-hydrogen) atoms. The molecule has 0 bridgehead atoms. The minimum Gasteiger partial charge on any atom is -0.492 e. The molecule has 0 aromatic heterocycles. The quantitative estimate of drug-likeness (QED) is 0.639. The molecular weight excluding hydrogens is 272 g/mol. The molecule has 6 nitrogen and oxygen atoms in total. The lowest BCUT2D eigenvalue weighted by molar-refractivity contribution is -0.139. The molecule has 6 heteroatoms. The van der Waals surface area contributed by atoms with Crippen LogP contribution in [0.5, 0.6) is 5.75 Å². The van der Waals surface area contributed by atoms with Crippen LogP contribution in [0.3, 0.4) is 0 Å². The van der Waals surface area contributed by atoms with E-state index >= 15 is 0 Å². The number of aryl methyl sites for hydroxylation is 1. The van der Waals surface area contributed by atoms with Gasteiger partial charge in [0, 0.05) is 0 Å². The van der Waals surface area contributed by atoms with Gasteiger partial charge in [0.05, 0.1) is 6.54 Å². The van der Waals surface area contributed by atoms with Crippen LogP contribution in [0.1, 0.15) is 25.3 Å². The van der Waals surface area contributed by atoms with E-state index in [1.54, 1.807) is 0 Å². The lowest BCUT2D eigenvalue weighted by Crippen LogP contribution is -2.46. The van der Waals surface area contributed by atoms with Crippen molar-refractivity contribution >= 4 is 12.0 Å². The molecule has 116 valence electrons. The van der Waals surface area contributed by atoms with Crippen LogP contribution in [0.15, 0.2) is 24.3 Å². The molecule has 0 unspecified atom stereocenters. The van der Waals surface area contributed by atoms with Crippen molar-refractivity contribution in [1.82, 2.24) is 10.6 Å². The summed E-state index contributed by atoms with van der Waals surface area (Å²) in [5.74, 6) is -0.283. The standard InChI is InChI=1S/C15H22N2O4/c1-3-5-13(14(18)19)17-15(20)16-8-9-21-12-7-4-6-11(2)10-12/h4,6-7,10,13H,3,5,8-9H2,1-2H3,(H,18,19)(H2,16,17,20)/t13-/m0/s1. The normalized spacial score (nSPS) is 11.5. The predicted molar refractivity (Wildman–Crippen MR) is 79.5 cm³/mol. The summed E-state index contributed by atoms with van der Waals surface area (Å²) < 4.78 is 5.48. The maximum atomic E-state index is 11.6. The van der Waals surface area contributed by atoms with Crippen LogP contribution >= 0.6 is 0 Å². The smallest absolute Gasteiger partial charge is 0.326 e. The number of urea groups is 1. The van der Waals surface area contributed by atoms with Gasteiger partial charge < -0.3 is 20.5 Å². The van der Waals surface area contributed by atoms with Crippen molar-refractivity contribution < 1.29 is 19.4 Å². The maximum absolute atomic E-state index is 11.6. The van der Waals surface area contributed by atoms with Gasteiger partial charge in [-0.1, -0.05) is 25.5 Å². The molecule has 0 fully saturated rings. The summed E-state index contributed by atoms with van der Waals surface area (Å²) >= 11 is 0. The number of ether oxygens (including phenoxy) is 1. The molecule has 0 aliphatic heterocycles. The fourth-order valence-electron chi connectivity index (χ4n) is 1.79. The zero-order valence-corrected chi connectivity index (χ0v) is 12.4. The molecule has 1 aromatic carbocycles. The van der Waals surface area contributed by atoms with E-state index in [9.17, 15) is 9.59 Å². The Morgan fingerprint density at radius 1 is 1.38 bits per heavy atom. The molecule has 0 spiro atoms. The Morgan fingerprint density at radius 3 is 2.76 bits per heavy atom. The summed E-state index contributed by atoms with van der Waals surface area (Å²) in [5, 5.41) is 13.9. The number of carbonyl (C=O) groups is 2. The number of aliphatic carboxylic acids is 1. The number of hydrogen-bond donors (Lipinski definition) is 3. The Hall–Kier alpha value is -2.24. The van der Waals surface area contributed by atoms with Gasteiger partial charge in [-0.2, -0.15) is 0 Å². The van der Waals surface area contributed by atoms with Crippen LogP contribution in [-0.4, -0.2) is 36.3 Å². The molecule has 1 atom stereocenters. The van der Waals surface area contributed by atoms with Crippen LogP contribution in [0, 0.1) is 6.92 Å². The summed E-state index contributed by atoms with van der Waals surface area (Å²) in [6.07, 6.45) is 1.09. The molecule has 0 radical (unpaired) electrons. The van der Waals surface area contributed by atoms with Gasteiger partial charge >= 0.3 is 12.0 Å². The van der Waals surface area contributed by atoms with Gasteiger partial charge in [-0.3, -0.25) is 0 Å². The van der Waals surface area contributed by atoms with E-state index in [2.05, 4.69) is 10.6 Å². The minimum atomic E-state index is -1.02. The van der Waals surface area contributed by atoms with E-state index in [0.717, 1.165) is 11.3 Å². The largest absolute Gasteiger partial charge is 0.492 e. The molecular formula is C15H22N2O4. The Kier molecular flexibility index (Phi) is 7.08. The Balaban J connectivity index is 2.25. The molecule has 0 heterocycles. The lowest BCUT2D eigenvalue weighted by atomic mass is 10.2. The fraction of sp³-hybridized carbons (Fsp3) is 0.467. The number of benzene rings is 1. The molecule has 1 rings (SSSR count). The number of carbonyl (C=O) groups excluding carboxylic acids is 1. The third-order valence-electron chi connectivity index (χ3n) is 2.83. The summed E-state index contributed by atoms with van der Waals surface area (Å²) in [5.41, 5.74) is 1.10. The zero-order chi connectivity index (χ0) is 15.7. The second-order valence-corrected chi connectivity index (χ2v) is 4.74. The highest BCUT2D eigenvalue weighted by Gasteiger charge is 2.18. The number of carboxylic acid groups (broad SMARTS) is 1. The first kappa shape index (κ1) is 16.8. The van der Waals surface area contributed by atoms with Crippen molar-refractivity contribution in [3.63, 3.8) is 0 Å². The molecule has 0 aliphatic carbocycles.